The van der Waals surface area contributed by atoms with Crippen molar-refractivity contribution in [2.75, 3.05) is 25.0 Å². The highest BCUT2D eigenvalue weighted by atomic mass is 16.6. The van der Waals surface area contributed by atoms with E-state index in [2.05, 4.69) is 17.6 Å². The normalized spacial score (nSPS) is 20.3. The lowest BCUT2D eigenvalue weighted by Crippen LogP contribution is -3.13. The molecule has 1 fully saturated rings. The van der Waals surface area contributed by atoms with Gasteiger partial charge in [0.15, 0.2) is 0 Å². The van der Waals surface area contributed by atoms with E-state index in [9.17, 15) is 9.59 Å². The third kappa shape index (κ3) is 6.67. The summed E-state index contributed by atoms with van der Waals surface area (Å²) in [5.41, 5.74) is 0.661. The van der Waals surface area contributed by atoms with E-state index in [0.29, 0.717) is 11.3 Å². The summed E-state index contributed by atoms with van der Waals surface area (Å²) >= 11 is 0. The van der Waals surface area contributed by atoms with Gasteiger partial charge >= 0.3 is 6.09 Å². The molecule has 6 heteroatoms. The molecule has 2 amide bonds. The molecule has 26 heavy (non-hydrogen) atoms. The number of anilines is 1. The van der Waals surface area contributed by atoms with Crippen molar-refractivity contribution in [3.63, 3.8) is 0 Å². The van der Waals surface area contributed by atoms with Crippen LogP contribution in [-0.2, 0) is 4.74 Å². The van der Waals surface area contributed by atoms with E-state index in [0.717, 1.165) is 25.9 Å². The average Bonchev–Trinajstić information content (AvgIpc) is 2.55. The van der Waals surface area contributed by atoms with Crippen LogP contribution >= 0.6 is 0 Å². The maximum atomic E-state index is 12.4. The molecule has 0 atom stereocenters. The number of amides is 2. The molecule has 2 rings (SSSR count). The summed E-state index contributed by atoms with van der Waals surface area (Å²) in [6, 6.07) is 7.13. The monoisotopic (exact) mass is 362 g/mol. The molecule has 0 radical (unpaired) electrons. The van der Waals surface area contributed by atoms with Crippen molar-refractivity contribution in [3.05, 3.63) is 29.8 Å². The lowest BCUT2D eigenvalue weighted by molar-refractivity contribution is -0.905. The molecule has 0 spiro atoms. The van der Waals surface area contributed by atoms with Crippen LogP contribution in [0.25, 0.3) is 0 Å². The Morgan fingerprint density at radius 3 is 2.31 bits per heavy atom. The van der Waals surface area contributed by atoms with E-state index in [1.807, 2.05) is 20.8 Å². The molecule has 0 bridgehead atoms. The maximum absolute atomic E-state index is 12.4. The van der Waals surface area contributed by atoms with Crippen LogP contribution in [0, 0.1) is 0 Å². The van der Waals surface area contributed by atoms with Gasteiger partial charge in [0, 0.05) is 30.1 Å². The van der Waals surface area contributed by atoms with Gasteiger partial charge in [-0.3, -0.25) is 10.1 Å². The van der Waals surface area contributed by atoms with Crippen LogP contribution in [-0.4, -0.2) is 43.3 Å². The van der Waals surface area contributed by atoms with Crippen LogP contribution in [0.2, 0.25) is 0 Å². The minimum absolute atomic E-state index is 0.0576. The first-order chi connectivity index (χ1) is 12.3. The number of rotatable bonds is 5. The number of quaternary nitrogens is 1. The number of benzene rings is 1. The summed E-state index contributed by atoms with van der Waals surface area (Å²) in [5, 5.41) is 5.79. The van der Waals surface area contributed by atoms with Crippen molar-refractivity contribution in [2.24, 2.45) is 0 Å². The first-order valence-electron chi connectivity index (χ1n) is 9.51. The van der Waals surface area contributed by atoms with Gasteiger partial charge in [0.1, 0.15) is 5.60 Å². The second kappa shape index (κ2) is 9.03. The Kier molecular flexibility index (Phi) is 7.03. The SMILES string of the molecule is CCC[NH+]1CCC(NC(=O)c2ccc(NC(=O)OC(C)(C)C)cc2)CC1. The Morgan fingerprint density at radius 2 is 1.77 bits per heavy atom. The third-order valence-corrected chi connectivity index (χ3v) is 4.42. The quantitative estimate of drug-likeness (QED) is 0.752. The largest absolute Gasteiger partial charge is 0.444 e. The molecule has 6 nitrogen and oxygen atoms in total. The van der Waals surface area contributed by atoms with Crippen LogP contribution in [0.1, 0.15) is 57.3 Å². The molecule has 3 N–H and O–H groups in total. The highest BCUT2D eigenvalue weighted by Crippen LogP contribution is 2.13. The standard InChI is InChI=1S/C20H31N3O3/c1-5-12-23-13-10-17(11-14-23)21-18(24)15-6-8-16(9-7-15)22-19(25)26-20(2,3)4/h6-9,17H,5,10-14H2,1-4H3,(H,21,24)(H,22,25)/p+1. The Hall–Kier alpha value is -2.08. The van der Waals surface area contributed by atoms with E-state index in [1.165, 1.54) is 13.0 Å². The van der Waals surface area contributed by atoms with Crippen molar-refractivity contribution in [1.82, 2.24) is 5.32 Å². The van der Waals surface area contributed by atoms with E-state index >= 15 is 0 Å². The predicted molar refractivity (Wildman–Crippen MR) is 103 cm³/mol. The van der Waals surface area contributed by atoms with Gasteiger partial charge in [0.05, 0.1) is 19.6 Å². The fraction of sp³-hybridized carbons (Fsp3) is 0.600. The van der Waals surface area contributed by atoms with Gasteiger partial charge in [0.25, 0.3) is 5.91 Å². The summed E-state index contributed by atoms with van der Waals surface area (Å²) in [7, 11) is 0. The Bertz CT molecular complexity index is 600. The van der Waals surface area contributed by atoms with Gasteiger partial charge in [-0.2, -0.15) is 0 Å². The average molecular weight is 362 g/mol. The number of carbonyl (C=O) groups excluding carboxylic acids is 2. The Morgan fingerprint density at radius 1 is 1.15 bits per heavy atom. The summed E-state index contributed by atoms with van der Waals surface area (Å²) in [4.78, 5) is 25.8. The maximum Gasteiger partial charge on any atom is 0.412 e. The predicted octanol–water partition coefficient (Wildman–Crippen LogP) is 2.22. The van der Waals surface area contributed by atoms with Gasteiger partial charge in [-0.1, -0.05) is 6.92 Å². The molecular formula is C20H32N3O3+. The van der Waals surface area contributed by atoms with Crippen LogP contribution in [0.3, 0.4) is 0 Å². The van der Waals surface area contributed by atoms with Crippen LogP contribution in [0.5, 0.6) is 0 Å². The van der Waals surface area contributed by atoms with E-state index < -0.39 is 11.7 Å². The fourth-order valence-electron chi connectivity index (χ4n) is 3.17. The minimum Gasteiger partial charge on any atom is -0.444 e. The Balaban J connectivity index is 1.82. The third-order valence-electron chi connectivity index (χ3n) is 4.42. The molecule has 1 saturated heterocycles. The highest BCUT2D eigenvalue weighted by molar-refractivity contribution is 5.95. The molecular weight excluding hydrogens is 330 g/mol. The number of ether oxygens (including phenoxy) is 1. The van der Waals surface area contributed by atoms with Crippen molar-refractivity contribution in [2.45, 2.75) is 58.6 Å². The molecule has 0 aromatic heterocycles. The van der Waals surface area contributed by atoms with Gasteiger partial charge in [-0.15, -0.1) is 0 Å². The smallest absolute Gasteiger partial charge is 0.412 e. The Labute approximate surface area is 156 Å². The van der Waals surface area contributed by atoms with Crippen molar-refractivity contribution in [1.29, 1.82) is 0 Å². The molecule has 1 aliphatic rings. The number of hydrogen-bond donors (Lipinski definition) is 3. The molecule has 1 aromatic carbocycles. The zero-order chi connectivity index (χ0) is 19.2. The lowest BCUT2D eigenvalue weighted by atomic mass is 10.0. The van der Waals surface area contributed by atoms with E-state index in [4.69, 9.17) is 4.74 Å². The van der Waals surface area contributed by atoms with Crippen LogP contribution in [0.4, 0.5) is 10.5 Å². The fourth-order valence-corrected chi connectivity index (χ4v) is 3.17. The summed E-state index contributed by atoms with van der Waals surface area (Å²) < 4.78 is 5.21. The van der Waals surface area contributed by atoms with Gasteiger partial charge < -0.3 is 15.0 Å². The number of carbonyl (C=O) groups is 2. The summed E-state index contributed by atoms with van der Waals surface area (Å²) in [6.45, 7) is 11.1. The first kappa shape index (κ1) is 20.2. The molecule has 1 heterocycles. The zero-order valence-electron chi connectivity index (χ0n) is 16.4. The van der Waals surface area contributed by atoms with E-state index in [-0.39, 0.29) is 11.9 Å². The second-order valence-corrected chi connectivity index (χ2v) is 7.95. The highest BCUT2D eigenvalue weighted by Gasteiger charge is 2.23. The van der Waals surface area contributed by atoms with Gasteiger partial charge in [-0.05, 0) is 51.5 Å². The minimum atomic E-state index is -0.543. The summed E-state index contributed by atoms with van der Waals surface area (Å²) in [5.74, 6) is -0.0576. The van der Waals surface area contributed by atoms with Crippen LogP contribution < -0.4 is 15.5 Å². The number of nitrogens with one attached hydrogen (secondary N) is 3. The summed E-state index contributed by atoms with van der Waals surface area (Å²) in [6.07, 6.45) is 2.76. The van der Waals surface area contributed by atoms with Crippen molar-refractivity contribution >= 4 is 17.7 Å². The molecule has 0 unspecified atom stereocenters. The topological polar surface area (TPSA) is 71.9 Å². The molecule has 144 valence electrons. The number of likely N-dealkylation sites (tertiary alicyclic amines) is 1. The second-order valence-electron chi connectivity index (χ2n) is 7.95. The number of hydrogen-bond acceptors (Lipinski definition) is 3. The van der Waals surface area contributed by atoms with Crippen molar-refractivity contribution in [3.8, 4) is 0 Å². The van der Waals surface area contributed by atoms with Crippen LogP contribution in [0.15, 0.2) is 24.3 Å². The number of piperidine rings is 1. The van der Waals surface area contributed by atoms with Gasteiger partial charge in [0.2, 0.25) is 0 Å². The molecule has 0 aliphatic carbocycles. The molecule has 0 saturated carbocycles. The van der Waals surface area contributed by atoms with Crippen molar-refractivity contribution < 1.29 is 19.2 Å². The molecule has 1 aliphatic heterocycles. The zero-order valence-corrected chi connectivity index (χ0v) is 16.4. The first-order valence-corrected chi connectivity index (χ1v) is 9.51. The van der Waals surface area contributed by atoms with Gasteiger partial charge in [-0.25, -0.2) is 4.79 Å². The molecule has 1 aromatic rings. The lowest BCUT2D eigenvalue weighted by Gasteiger charge is -2.29. The van der Waals surface area contributed by atoms with E-state index in [1.54, 1.807) is 29.2 Å².